The van der Waals surface area contributed by atoms with Crippen molar-refractivity contribution in [3.8, 4) is 0 Å². The van der Waals surface area contributed by atoms with E-state index in [1.54, 1.807) is 0 Å². The van der Waals surface area contributed by atoms with E-state index >= 15 is 0 Å². The first-order valence-corrected chi connectivity index (χ1v) is 8.86. The standard InChI is InChI=1S/C19H22F2N4O/c1-2-3-17(19(26)25-18-11-22-6-7-23-18)24-14-5-4-12-8-13(20)9-16(21)15(12)10-14/h6-9,11,14,17,24H,2-5,10H2,1H3,(H,23,25,26). The molecular weight excluding hydrogens is 338 g/mol. The topological polar surface area (TPSA) is 66.9 Å². The molecule has 2 aromatic rings. The van der Waals surface area contributed by atoms with Crippen LogP contribution in [0.1, 0.15) is 37.3 Å². The van der Waals surface area contributed by atoms with Gasteiger partial charge in [0.1, 0.15) is 11.6 Å². The third-order valence-corrected chi connectivity index (χ3v) is 4.61. The van der Waals surface area contributed by atoms with Gasteiger partial charge in [-0.05, 0) is 42.9 Å². The largest absolute Gasteiger partial charge is 0.308 e. The number of aromatic nitrogens is 2. The van der Waals surface area contributed by atoms with Gasteiger partial charge in [-0.2, -0.15) is 0 Å². The van der Waals surface area contributed by atoms with Crippen LogP contribution in [0.15, 0.2) is 30.7 Å². The van der Waals surface area contributed by atoms with Gasteiger partial charge in [-0.1, -0.05) is 13.3 Å². The molecule has 0 bridgehead atoms. The van der Waals surface area contributed by atoms with Crippen molar-refractivity contribution in [1.82, 2.24) is 15.3 Å². The molecule has 138 valence electrons. The summed E-state index contributed by atoms with van der Waals surface area (Å²) in [6, 6.07) is 1.88. The fourth-order valence-electron chi connectivity index (χ4n) is 3.37. The minimum Gasteiger partial charge on any atom is -0.308 e. The molecule has 1 aromatic heterocycles. The van der Waals surface area contributed by atoms with Gasteiger partial charge < -0.3 is 10.6 Å². The van der Waals surface area contributed by atoms with Gasteiger partial charge in [-0.3, -0.25) is 9.78 Å². The molecule has 5 nitrogen and oxygen atoms in total. The van der Waals surface area contributed by atoms with Crippen LogP contribution >= 0.6 is 0 Å². The van der Waals surface area contributed by atoms with Crippen molar-refractivity contribution in [1.29, 1.82) is 0 Å². The smallest absolute Gasteiger partial charge is 0.242 e. The minimum atomic E-state index is -0.542. The fourth-order valence-corrected chi connectivity index (χ4v) is 3.37. The Bertz CT molecular complexity index is 770. The number of hydrogen-bond donors (Lipinski definition) is 2. The lowest BCUT2D eigenvalue weighted by molar-refractivity contribution is -0.118. The second-order valence-corrected chi connectivity index (χ2v) is 6.55. The minimum absolute atomic E-state index is 0.0355. The first kappa shape index (κ1) is 18.4. The molecule has 2 unspecified atom stereocenters. The van der Waals surface area contributed by atoms with Crippen molar-refractivity contribution in [3.63, 3.8) is 0 Å². The van der Waals surface area contributed by atoms with Gasteiger partial charge in [0.2, 0.25) is 5.91 Å². The summed E-state index contributed by atoms with van der Waals surface area (Å²) in [6.45, 7) is 2.00. The maximum atomic E-state index is 14.1. The summed E-state index contributed by atoms with van der Waals surface area (Å²) in [5.74, 6) is -0.837. The molecule has 1 heterocycles. The number of hydrogen-bond acceptors (Lipinski definition) is 4. The van der Waals surface area contributed by atoms with Crippen molar-refractivity contribution in [2.75, 3.05) is 5.32 Å². The molecule has 0 saturated heterocycles. The molecule has 3 rings (SSSR count). The van der Waals surface area contributed by atoms with E-state index in [0.717, 1.165) is 24.5 Å². The van der Waals surface area contributed by atoms with E-state index in [2.05, 4.69) is 20.6 Å². The summed E-state index contributed by atoms with van der Waals surface area (Å²) in [5.41, 5.74) is 1.26. The zero-order valence-electron chi connectivity index (χ0n) is 14.6. The van der Waals surface area contributed by atoms with E-state index in [1.165, 1.54) is 24.7 Å². The molecule has 1 aliphatic carbocycles. The van der Waals surface area contributed by atoms with Crippen molar-refractivity contribution in [2.24, 2.45) is 0 Å². The maximum Gasteiger partial charge on any atom is 0.242 e. The summed E-state index contributed by atoms with van der Waals surface area (Å²) in [7, 11) is 0. The Morgan fingerprint density at radius 3 is 2.92 bits per heavy atom. The molecule has 0 saturated carbocycles. The third kappa shape index (κ3) is 4.40. The lowest BCUT2D eigenvalue weighted by Gasteiger charge is -2.29. The van der Waals surface area contributed by atoms with Crippen LogP contribution in [0.4, 0.5) is 14.6 Å². The molecule has 1 amide bonds. The molecule has 26 heavy (non-hydrogen) atoms. The van der Waals surface area contributed by atoms with E-state index < -0.39 is 17.7 Å². The number of carbonyl (C=O) groups excluding carboxylic acids is 1. The van der Waals surface area contributed by atoms with Crippen LogP contribution in [0.5, 0.6) is 0 Å². The predicted molar refractivity (Wildman–Crippen MR) is 94.7 cm³/mol. The number of rotatable bonds is 6. The van der Waals surface area contributed by atoms with Gasteiger partial charge in [-0.25, -0.2) is 13.8 Å². The number of carbonyl (C=O) groups is 1. The van der Waals surface area contributed by atoms with Gasteiger partial charge >= 0.3 is 0 Å². The summed E-state index contributed by atoms with van der Waals surface area (Å²) in [5, 5.41) is 6.09. The molecule has 2 atom stereocenters. The molecule has 1 aromatic carbocycles. The van der Waals surface area contributed by atoms with Crippen LogP contribution in [0.25, 0.3) is 0 Å². The van der Waals surface area contributed by atoms with Crippen LogP contribution in [-0.4, -0.2) is 28.0 Å². The number of aryl methyl sites for hydroxylation is 1. The Labute approximate surface area is 151 Å². The van der Waals surface area contributed by atoms with Crippen LogP contribution in [0.3, 0.4) is 0 Å². The average Bonchev–Trinajstić information content (AvgIpc) is 2.62. The lowest BCUT2D eigenvalue weighted by atomic mass is 9.87. The van der Waals surface area contributed by atoms with Gasteiger partial charge in [0, 0.05) is 24.5 Å². The zero-order valence-corrected chi connectivity index (χ0v) is 14.6. The molecule has 0 aliphatic heterocycles. The highest BCUT2D eigenvalue weighted by molar-refractivity contribution is 5.93. The highest BCUT2D eigenvalue weighted by atomic mass is 19.1. The fraction of sp³-hybridized carbons (Fsp3) is 0.421. The van der Waals surface area contributed by atoms with E-state index in [0.29, 0.717) is 30.6 Å². The highest BCUT2D eigenvalue weighted by Gasteiger charge is 2.27. The average molecular weight is 360 g/mol. The maximum absolute atomic E-state index is 14.1. The Morgan fingerprint density at radius 2 is 2.19 bits per heavy atom. The first-order chi connectivity index (χ1) is 12.6. The van der Waals surface area contributed by atoms with Gasteiger partial charge in [-0.15, -0.1) is 0 Å². The Balaban J connectivity index is 1.67. The van der Waals surface area contributed by atoms with Gasteiger partial charge in [0.05, 0.1) is 12.2 Å². The van der Waals surface area contributed by atoms with Crippen LogP contribution < -0.4 is 10.6 Å². The van der Waals surface area contributed by atoms with Crippen LogP contribution in [0.2, 0.25) is 0 Å². The quantitative estimate of drug-likeness (QED) is 0.831. The third-order valence-electron chi connectivity index (χ3n) is 4.61. The van der Waals surface area contributed by atoms with E-state index in [-0.39, 0.29) is 11.9 Å². The normalized spacial score (nSPS) is 17.4. The van der Waals surface area contributed by atoms with Crippen molar-refractivity contribution >= 4 is 11.7 Å². The van der Waals surface area contributed by atoms with Crippen molar-refractivity contribution in [3.05, 3.63) is 53.5 Å². The number of amides is 1. The van der Waals surface area contributed by atoms with Crippen LogP contribution in [-0.2, 0) is 17.6 Å². The number of benzene rings is 1. The van der Waals surface area contributed by atoms with Crippen molar-refractivity contribution in [2.45, 2.75) is 51.1 Å². The molecule has 0 spiro atoms. The molecule has 0 radical (unpaired) electrons. The predicted octanol–water partition coefficient (Wildman–Crippen LogP) is 3.01. The zero-order chi connectivity index (χ0) is 18.5. The second kappa shape index (κ2) is 8.31. The number of nitrogens with zero attached hydrogens (tertiary/aromatic N) is 2. The van der Waals surface area contributed by atoms with Crippen LogP contribution in [0, 0.1) is 11.6 Å². The summed E-state index contributed by atoms with van der Waals surface area (Å²) in [4.78, 5) is 20.5. The summed E-state index contributed by atoms with van der Waals surface area (Å²) < 4.78 is 27.4. The first-order valence-electron chi connectivity index (χ1n) is 8.86. The van der Waals surface area contributed by atoms with Gasteiger partial charge in [0.15, 0.2) is 5.82 Å². The lowest BCUT2D eigenvalue weighted by Crippen LogP contribution is -2.48. The van der Waals surface area contributed by atoms with Crippen molar-refractivity contribution < 1.29 is 13.6 Å². The molecule has 7 heteroatoms. The Kier molecular flexibility index (Phi) is 5.88. The summed E-state index contributed by atoms with van der Waals surface area (Å²) >= 11 is 0. The van der Waals surface area contributed by atoms with E-state index in [9.17, 15) is 13.6 Å². The molecule has 0 fully saturated rings. The molecule has 2 N–H and O–H groups in total. The number of halogens is 2. The van der Waals surface area contributed by atoms with E-state index in [4.69, 9.17) is 0 Å². The van der Waals surface area contributed by atoms with E-state index in [1.807, 2.05) is 6.92 Å². The SMILES string of the molecule is CCCC(NC1CCc2cc(F)cc(F)c2C1)C(=O)Nc1cnccn1. The number of anilines is 1. The summed E-state index contributed by atoms with van der Waals surface area (Å²) in [6.07, 6.45) is 7.78. The Morgan fingerprint density at radius 1 is 1.35 bits per heavy atom. The number of fused-ring (bicyclic) bond motifs is 1. The number of nitrogens with one attached hydrogen (secondary N) is 2. The Hall–Kier alpha value is -2.41. The monoisotopic (exact) mass is 360 g/mol. The molecular formula is C19H22F2N4O. The van der Waals surface area contributed by atoms with Gasteiger partial charge in [0.25, 0.3) is 0 Å². The highest BCUT2D eigenvalue weighted by Crippen LogP contribution is 2.25. The molecule has 1 aliphatic rings. The second-order valence-electron chi connectivity index (χ2n) is 6.55.